The first-order chi connectivity index (χ1) is 13.3. The first-order valence-corrected chi connectivity index (χ1v) is 8.52. The molecule has 1 N–H and O–H groups in total. The average molecular weight is 385 g/mol. The van der Waals surface area contributed by atoms with Gasteiger partial charge in [-0.3, -0.25) is 4.79 Å². The molecule has 1 amide bonds. The van der Waals surface area contributed by atoms with Gasteiger partial charge in [-0.25, -0.2) is 4.98 Å². The van der Waals surface area contributed by atoms with Crippen LogP contribution >= 0.6 is 0 Å². The highest BCUT2D eigenvalue weighted by atomic mass is 19.4. The van der Waals surface area contributed by atoms with Crippen molar-refractivity contribution in [2.45, 2.75) is 12.7 Å². The van der Waals surface area contributed by atoms with E-state index in [0.29, 0.717) is 12.2 Å². The number of alkyl halides is 3. The summed E-state index contributed by atoms with van der Waals surface area (Å²) in [5.74, 6) is 0.234. The molecule has 0 aliphatic carbocycles. The number of rotatable bonds is 5. The van der Waals surface area contributed by atoms with E-state index in [2.05, 4.69) is 10.3 Å². The zero-order valence-corrected chi connectivity index (χ0v) is 15.1. The molecule has 0 fully saturated rings. The third kappa shape index (κ3) is 4.88. The quantitative estimate of drug-likeness (QED) is 0.673. The highest BCUT2D eigenvalue weighted by Gasteiger charge is 2.30. The molecule has 1 heterocycles. The Kier molecular flexibility index (Phi) is 5.63. The molecule has 28 heavy (non-hydrogen) atoms. The van der Waals surface area contributed by atoms with Gasteiger partial charge in [0.25, 0.3) is 5.91 Å². The molecule has 7 heteroatoms. The lowest BCUT2D eigenvalue weighted by atomic mass is 10.1. The van der Waals surface area contributed by atoms with Crippen molar-refractivity contribution in [2.75, 3.05) is 17.3 Å². The van der Waals surface area contributed by atoms with Crippen LogP contribution in [0.15, 0.2) is 72.9 Å². The van der Waals surface area contributed by atoms with Gasteiger partial charge in [-0.15, -0.1) is 0 Å². The van der Waals surface area contributed by atoms with Gasteiger partial charge in [0, 0.05) is 19.2 Å². The Balaban J connectivity index is 1.63. The number of pyridine rings is 1. The van der Waals surface area contributed by atoms with E-state index in [9.17, 15) is 18.0 Å². The summed E-state index contributed by atoms with van der Waals surface area (Å²) in [6.07, 6.45) is -2.92. The first-order valence-electron chi connectivity index (χ1n) is 8.52. The van der Waals surface area contributed by atoms with Gasteiger partial charge in [-0.05, 0) is 42.0 Å². The number of halogens is 3. The molecule has 0 saturated heterocycles. The van der Waals surface area contributed by atoms with Gasteiger partial charge in [-0.1, -0.05) is 30.3 Å². The number of nitrogens with one attached hydrogen (secondary N) is 1. The maximum Gasteiger partial charge on any atom is 0.416 e. The fourth-order valence-electron chi connectivity index (χ4n) is 2.64. The van der Waals surface area contributed by atoms with Gasteiger partial charge in [0.05, 0.1) is 17.4 Å². The zero-order chi connectivity index (χ0) is 20.1. The number of benzene rings is 2. The van der Waals surface area contributed by atoms with Crippen LogP contribution in [0.1, 0.15) is 21.5 Å². The van der Waals surface area contributed by atoms with Crippen LogP contribution in [0.3, 0.4) is 0 Å². The molecule has 0 bridgehead atoms. The van der Waals surface area contributed by atoms with E-state index in [1.807, 2.05) is 42.3 Å². The Labute approximate surface area is 160 Å². The molecule has 0 unspecified atom stereocenters. The van der Waals surface area contributed by atoms with E-state index < -0.39 is 17.6 Å². The van der Waals surface area contributed by atoms with Crippen LogP contribution in [0.2, 0.25) is 0 Å². The molecule has 3 rings (SSSR count). The molecule has 0 atom stereocenters. The predicted molar refractivity (Wildman–Crippen MR) is 102 cm³/mol. The Morgan fingerprint density at radius 2 is 1.68 bits per heavy atom. The zero-order valence-electron chi connectivity index (χ0n) is 15.1. The molecule has 0 aliphatic rings. The Hall–Kier alpha value is -3.35. The SMILES string of the molecule is CN(Cc1ccccc1)c1ccc(NC(=O)c2ccc(C(F)(F)F)cc2)cn1. The summed E-state index contributed by atoms with van der Waals surface area (Å²) in [4.78, 5) is 18.5. The Morgan fingerprint density at radius 3 is 2.25 bits per heavy atom. The van der Waals surface area contributed by atoms with Crippen molar-refractivity contribution < 1.29 is 18.0 Å². The Bertz CT molecular complexity index is 924. The van der Waals surface area contributed by atoms with E-state index in [0.717, 1.165) is 35.6 Å². The number of carbonyl (C=O) groups excluding carboxylic acids is 1. The third-order valence-corrected chi connectivity index (χ3v) is 4.13. The summed E-state index contributed by atoms with van der Waals surface area (Å²) in [7, 11) is 1.91. The molecule has 2 aromatic carbocycles. The van der Waals surface area contributed by atoms with Gasteiger partial charge in [-0.2, -0.15) is 13.2 Å². The maximum absolute atomic E-state index is 12.6. The minimum absolute atomic E-state index is 0.137. The molecule has 144 valence electrons. The fourth-order valence-corrected chi connectivity index (χ4v) is 2.64. The summed E-state index contributed by atoms with van der Waals surface area (Å²) in [5.41, 5.74) is 0.947. The minimum Gasteiger partial charge on any atom is -0.355 e. The molecule has 0 aliphatic heterocycles. The molecular formula is C21H18F3N3O. The highest BCUT2D eigenvalue weighted by molar-refractivity contribution is 6.04. The summed E-state index contributed by atoms with van der Waals surface area (Å²) in [5, 5.41) is 2.63. The summed E-state index contributed by atoms with van der Waals surface area (Å²) >= 11 is 0. The van der Waals surface area contributed by atoms with Crippen molar-refractivity contribution in [3.05, 3.63) is 89.6 Å². The van der Waals surface area contributed by atoms with E-state index in [4.69, 9.17) is 0 Å². The number of aromatic nitrogens is 1. The van der Waals surface area contributed by atoms with Crippen molar-refractivity contribution in [1.29, 1.82) is 0 Å². The smallest absolute Gasteiger partial charge is 0.355 e. The van der Waals surface area contributed by atoms with E-state index in [1.165, 1.54) is 6.20 Å². The molecule has 0 radical (unpaired) electrons. The number of amides is 1. The van der Waals surface area contributed by atoms with Gasteiger partial charge in [0.2, 0.25) is 0 Å². The lowest BCUT2D eigenvalue weighted by molar-refractivity contribution is -0.137. The number of anilines is 2. The van der Waals surface area contributed by atoms with Crippen LogP contribution in [0.5, 0.6) is 0 Å². The van der Waals surface area contributed by atoms with E-state index in [1.54, 1.807) is 12.1 Å². The fraction of sp³-hybridized carbons (Fsp3) is 0.143. The van der Waals surface area contributed by atoms with Crippen LogP contribution in [-0.2, 0) is 12.7 Å². The molecular weight excluding hydrogens is 367 g/mol. The second kappa shape index (κ2) is 8.12. The monoisotopic (exact) mass is 385 g/mol. The number of carbonyl (C=O) groups is 1. The standard InChI is InChI=1S/C21H18F3N3O/c1-27(14-15-5-3-2-4-6-15)19-12-11-18(13-25-19)26-20(28)16-7-9-17(10-8-16)21(22,23)24/h2-13H,14H2,1H3,(H,26,28). The van der Waals surface area contributed by atoms with E-state index in [-0.39, 0.29) is 5.56 Å². The van der Waals surface area contributed by atoms with Crippen molar-refractivity contribution >= 4 is 17.4 Å². The van der Waals surface area contributed by atoms with Gasteiger partial charge < -0.3 is 10.2 Å². The van der Waals surface area contributed by atoms with Crippen molar-refractivity contribution in [3.8, 4) is 0 Å². The van der Waals surface area contributed by atoms with Gasteiger partial charge >= 0.3 is 6.18 Å². The van der Waals surface area contributed by atoms with Crippen LogP contribution in [0.25, 0.3) is 0 Å². The summed E-state index contributed by atoms with van der Waals surface area (Å²) in [6, 6.07) is 17.5. The molecule has 4 nitrogen and oxygen atoms in total. The minimum atomic E-state index is -4.43. The van der Waals surface area contributed by atoms with Gasteiger partial charge in [0.1, 0.15) is 5.82 Å². The maximum atomic E-state index is 12.6. The topological polar surface area (TPSA) is 45.2 Å². The number of hydrogen-bond donors (Lipinski definition) is 1. The average Bonchev–Trinajstić information content (AvgIpc) is 2.68. The second-order valence-corrected chi connectivity index (χ2v) is 6.28. The first kappa shape index (κ1) is 19.4. The predicted octanol–water partition coefficient (Wildman–Crippen LogP) is 4.99. The lowest BCUT2D eigenvalue weighted by Gasteiger charge is -2.18. The molecule has 3 aromatic rings. The normalized spacial score (nSPS) is 11.1. The lowest BCUT2D eigenvalue weighted by Crippen LogP contribution is -2.18. The van der Waals surface area contributed by atoms with Crippen molar-refractivity contribution in [2.24, 2.45) is 0 Å². The van der Waals surface area contributed by atoms with Crippen LogP contribution < -0.4 is 10.2 Å². The molecule has 0 spiro atoms. The van der Waals surface area contributed by atoms with Crippen molar-refractivity contribution in [1.82, 2.24) is 4.98 Å². The summed E-state index contributed by atoms with van der Waals surface area (Å²) in [6.45, 7) is 0.686. The highest BCUT2D eigenvalue weighted by Crippen LogP contribution is 2.29. The van der Waals surface area contributed by atoms with Crippen LogP contribution in [0, 0.1) is 0 Å². The molecule has 1 aromatic heterocycles. The third-order valence-electron chi connectivity index (χ3n) is 4.13. The largest absolute Gasteiger partial charge is 0.416 e. The van der Waals surface area contributed by atoms with Crippen LogP contribution in [0.4, 0.5) is 24.7 Å². The number of hydrogen-bond acceptors (Lipinski definition) is 3. The molecule has 0 saturated carbocycles. The van der Waals surface area contributed by atoms with Gasteiger partial charge in [0.15, 0.2) is 0 Å². The van der Waals surface area contributed by atoms with Crippen LogP contribution in [-0.4, -0.2) is 17.9 Å². The second-order valence-electron chi connectivity index (χ2n) is 6.28. The summed E-state index contributed by atoms with van der Waals surface area (Å²) < 4.78 is 37.8. The van der Waals surface area contributed by atoms with Crippen molar-refractivity contribution in [3.63, 3.8) is 0 Å². The Morgan fingerprint density at radius 1 is 1.00 bits per heavy atom. The number of nitrogens with zero attached hydrogens (tertiary/aromatic N) is 2. The van der Waals surface area contributed by atoms with E-state index >= 15 is 0 Å².